The monoisotopic (exact) mass is 413 g/mol. The molecule has 0 aliphatic heterocycles. The number of hydrogen-bond acceptors (Lipinski definition) is 5. The molecule has 0 radical (unpaired) electrons. The number of nitrogens with one attached hydrogen (secondary N) is 3. The molecule has 9 nitrogen and oxygen atoms in total. The molecular weight excluding hydrogens is 386 g/mol. The minimum absolute atomic E-state index is 0.0889. The standard InChI is InChI=1S/C18H27N3O6S/c1-11(2)13(19-17(25)20-14(16(23)24)18(3,4)5)15(22)21-28(26,27)12-9-7-6-8-10-12/h6-11,13-14H,1-5H3,(H,21,22)(H,23,24)(H2,19,20,25)/t13-,14+/m0/s1. The number of benzene rings is 1. The maximum Gasteiger partial charge on any atom is 0.326 e. The number of aliphatic carboxylic acids is 1. The molecule has 0 fully saturated rings. The molecule has 10 heteroatoms. The summed E-state index contributed by atoms with van der Waals surface area (Å²) >= 11 is 0. The number of amides is 3. The number of hydrogen-bond donors (Lipinski definition) is 4. The van der Waals surface area contributed by atoms with E-state index < -0.39 is 51.3 Å². The van der Waals surface area contributed by atoms with Crippen LogP contribution in [0.5, 0.6) is 0 Å². The molecule has 0 saturated heterocycles. The van der Waals surface area contributed by atoms with Crippen molar-refractivity contribution in [2.75, 3.05) is 0 Å². The fraction of sp³-hybridized carbons (Fsp3) is 0.500. The highest BCUT2D eigenvalue weighted by atomic mass is 32.2. The molecule has 1 rings (SSSR count). The number of carboxylic acids is 1. The predicted molar refractivity (Wildman–Crippen MR) is 103 cm³/mol. The largest absolute Gasteiger partial charge is 0.480 e. The van der Waals surface area contributed by atoms with Gasteiger partial charge in [0.15, 0.2) is 0 Å². The molecule has 0 saturated carbocycles. The lowest BCUT2D eigenvalue weighted by molar-refractivity contribution is -0.141. The number of rotatable bonds is 7. The maximum absolute atomic E-state index is 12.5. The van der Waals surface area contributed by atoms with Crippen molar-refractivity contribution in [3.8, 4) is 0 Å². The number of carboxylic acid groups (broad SMARTS) is 1. The zero-order valence-corrected chi connectivity index (χ0v) is 17.3. The van der Waals surface area contributed by atoms with Crippen molar-refractivity contribution in [2.45, 2.75) is 51.6 Å². The van der Waals surface area contributed by atoms with Crippen LogP contribution in [-0.4, -0.2) is 43.5 Å². The van der Waals surface area contributed by atoms with Gasteiger partial charge < -0.3 is 15.7 Å². The van der Waals surface area contributed by atoms with E-state index in [0.29, 0.717) is 0 Å². The van der Waals surface area contributed by atoms with Crippen LogP contribution in [0.3, 0.4) is 0 Å². The van der Waals surface area contributed by atoms with Gasteiger partial charge in [0.05, 0.1) is 4.90 Å². The van der Waals surface area contributed by atoms with Crippen LogP contribution in [0.25, 0.3) is 0 Å². The van der Waals surface area contributed by atoms with Crippen LogP contribution in [0.15, 0.2) is 35.2 Å². The second-order valence-electron chi connectivity index (χ2n) is 7.76. The molecule has 0 spiro atoms. The van der Waals surface area contributed by atoms with Gasteiger partial charge in [-0.2, -0.15) is 0 Å². The predicted octanol–water partition coefficient (Wildman–Crippen LogP) is 1.31. The Morgan fingerprint density at radius 1 is 1.00 bits per heavy atom. The van der Waals surface area contributed by atoms with E-state index in [1.807, 2.05) is 4.72 Å². The summed E-state index contributed by atoms with van der Waals surface area (Å²) < 4.78 is 26.6. The second-order valence-corrected chi connectivity index (χ2v) is 9.44. The Labute approximate surface area is 164 Å². The summed E-state index contributed by atoms with van der Waals surface area (Å²) in [5.74, 6) is -2.59. The van der Waals surface area contributed by atoms with Crippen LogP contribution in [0, 0.1) is 11.3 Å². The average Bonchev–Trinajstić information content (AvgIpc) is 2.56. The molecular formula is C18H27N3O6S. The smallest absolute Gasteiger partial charge is 0.326 e. The van der Waals surface area contributed by atoms with Gasteiger partial charge in [-0.25, -0.2) is 22.7 Å². The van der Waals surface area contributed by atoms with Crippen LogP contribution >= 0.6 is 0 Å². The van der Waals surface area contributed by atoms with Crippen molar-refractivity contribution in [1.82, 2.24) is 15.4 Å². The summed E-state index contributed by atoms with van der Waals surface area (Å²) in [6.45, 7) is 8.18. The molecule has 0 aromatic heterocycles. The van der Waals surface area contributed by atoms with Crippen molar-refractivity contribution in [2.24, 2.45) is 11.3 Å². The second kappa shape index (κ2) is 9.05. The van der Waals surface area contributed by atoms with Crippen LogP contribution in [0.1, 0.15) is 34.6 Å². The van der Waals surface area contributed by atoms with Gasteiger partial charge in [-0.15, -0.1) is 0 Å². The third kappa shape index (κ3) is 6.52. The first-order valence-electron chi connectivity index (χ1n) is 8.67. The first-order valence-corrected chi connectivity index (χ1v) is 10.2. The van der Waals surface area contributed by atoms with E-state index in [0.717, 1.165) is 0 Å². The Morgan fingerprint density at radius 2 is 1.54 bits per heavy atom. The molecule has 1 aromatic carbocycles. The summed E-state index contributed by atoms with van der Waals surface area (Å²) in [6, 6.07) is 4.07. The first kappa shape index (κ1) is 23.4. The number of carbonyl (C=O) groups is 3. The van der Waals surface area contributed by atoms with Crippen LogP contribution < -0.4 is 15.4 Å². The molecule has 2 atom stereocenters. The molecule has 156 valence electrons. The van der Waals surface area contributed by atoms with Gasteiger partial charge in [-0.05, 0) is 23.5 Å². The number of sulfonamides is 1. The highest BCUT2D eigenvalue weighted by Crippen LogP contribution is 2.19. The van der Waals surface area contributed by atoms with Crippen LogP contribution in [-0.2, 0) is 19.6 Å². The minimum Gasteiger partial charge on any atom is -0.480 e. The third-order valence-electron chi connectivity index (χ3n) is 3.91. The molecule has 0 aliphatic rings. The molecule has 0 aliphatic carbocycles. The Kier molecular flexibility index (Phi) is 7.57. The van der Waals surface area contributed by atoms with Gasteiger partial charge >= 0.3 is 12.0 Å². The van der Waals surface area contributed by atoms with Gasteiger partial charge in [0.2, 0.25) is 0 Å². The third-order valence-corrected chi connectivity index (χ3v) is 5.28. The van der Waals surface area contributed by atoms with E-state index in [2.05, 4.69) is 10.6 Å². The van der Waals surface area contributed by atoms with Gasteiger partial charge in [0, 0.05) is 0 Å². The summed E-state index contributed by atoms with van der Waals surface area (Å²) in [5, 5.41) is 14.0. The minimum atomic E-state index is -4.10. The van der Waals surface area contributed by atoms with E-state index in [1.165, 1.54) is 24.3 Å². The quantitative estimate of drug-likeness (QED) is 0.531. The highest BCUT2D eigenvalue weighted by Gasteiger charge is 2.34. The lowest BCUT2D eigenvalue weighted by Crippen LogP contribution is -2.58. The molecule has 0 bridgehead atoms. The molecule has 0 unspecified atom stereocenters. The zero-order chi connectivity index (χ0) is 21.7. The number of carbonyl (C=O) groups excluding carboxylic acids is 2. The Morgan fingerprint density at radius 3 is 1.96 bits per heavy atom. The van der Waals surface area contributed by atoms with E-state index in [9.17, 15) is 27.9 Å². The summed E-state index contributed by atoms with van der Waals surface area (Å²) in [4.78, 5) is 36.0. The van der Waals surface area contributed by atoms with Crippen LogP contribution in [0.4, 0.5) is 4.79 Å². The zero-order valence-electron chi connectivity index (χ0n) is 16.5. The first-order chi connectivity index (χ1) is 12.8. The summed E-state index contributed by atoms with van der Waals surface area (Å²) in [6.07, 6.45) is 0. The summed E-state index contributed by atoms with van der Waals surface area (Å²) in [5.41, 5.74) is -0.768. The van der Waals surface area contributed by atoms with E-state index in [-0.39, 0.29) is 4.90 Å². The normalized spacial score (nSPS) is 14.1. The molecule has 28 heavy (non-hydrogen) atoms. The molecule has 1 aromatic rings. The van der Waals surface area contributed by atoms with E-state index >= 15 is 0 Å². The Bertz CT molecular complexity index is 815. The number of urea groups is 1. The molecule has 4 N–H and O–H groups in total. The Balaban J connectivity index is 2.91. The average molecular weight is 413 g/mol. The van der Waals surface area contributed by atoms with Crippen molar-refractivity contribution in [1.29, 1.82) is 0 Å². The Hall–Kier alpha value is -2.62. The van der Waals surface area contributed by atoms with Gasteiger partial charge in [0.25, 0.3) is 15.9 Å². The lowest BCUT2D eigenvalue weighted by atomic mass is 9.87. The van der Waals surface area contributed by atoms with Gasteiger partial charge in [-0.3, -0.25) is 4.79 Å². The summed E-state index contributed by atoms with van der Waals surface area (Å²) in [7, 11) is -4.10. The van der Waals surface area contributed by atoms with Crippen molar-refractivity contribution in [3.63, 3.8) is 0 Å². The fourth-order valence-electron chi connectivity index (χ4n) is 2.35. The van der Waals surface area contributed by atoms with Crippen molar-refractivity contribution in [3.05, 3.63) is 30.3 Å². The lowest BCUT2D eigenvalue weighted by Gasteiger charge is -2.29. The van der Waals surface area contributed by atoms with E-state index in [4.69, 9.17) is 0 Å². The topological polar surface area (TPSA) is 142 Å². The van der Waals surface area contributed by atoms with Gasteiger partial charge in [0.1, 0.15) is 12.1 Å². The molecule has 3 amide bonds. The van der Waals surface area contributed by atoms with Gasteiger partial charge in [-0.1, -0.05) is 52.8 Å². The SMILES string of the molecule is CC(C)[C@H](NC(=O)N[C@H](C(=O)O)C(C)(C)C)C(=O)NS(=O)(=O)c1ccccc1. The van der Waals surface area contributed by atoms with Crippen molar-refractivity contribution < 1.29 is 27.9 Å². The van der Waals surface area contributed by atoms with Crippen LogP contribution in [0.2, 0.25) is 0 Å². The molecule has 0 heterocycles. The fourth-order valence-corrected chi connectivity index (χ4v) is 3.38. The highest BCUT2D eigenvalue weighted by molar-refractivity contribution is 7.90. The van der Waals surface area contributed by atoms with Crippen molar-refractivity contribution >= 4 is 27.9 Å². The maximum atomic E-state index is 12.5. The van der Waals surface area contributed by atoms with E-state index in [1.54, 1.807) is 40.7 Å².